The van der Waals surface area contributed by atoms with E-state index in [1.54, 1.807) is 0 Å². The van der Waals surface area contributed by atoms with Gasteiger partial charge in [0.25, 0.3) is 0 Å². The van der Waals surface area contributed by atoms with Crippen LogP contribution in [0.5, 0.6) is 0 Å². The monoisotopic (exact) mass is 197 g/mol. The van der Waals surface area contributed by atoms with Crippen molar-refractivity contribution in [3.8, 4) is 0 Å². The molecule has 0 saturated heterocycles. The maximum atomic E-state index is 3.76. The number of hydrogen-bond donors (Lipinski definition) is 0. The lowest BCUT2D eigenvalue weighted by Crippen LogP contribution is -2.26. The van der Waals surface area contributed by atoms with E-state index in [4.69, 9.17) is 0 Å². The molecule has 0 aliphatic heterocycles. The maximum absolute atomic E-state index is 3.76. The second-order valence-electron chi connectivity index (χ2n) is 3.57. The number of aryl methyl sites for hydroxylation is 1. The fourth-order valence-corrected chi connectivity index (χ4v) is 2.06. The van der Waals surface area contributed by atoms with Gasteiger partial charge in [-0.3, -0.25) is 0 Å². The first-order valence-corrected chi connectivity index (χ1v) is 5.12. The molecule has 1 nitrogen and oxygen atoms in total. The van der Waals surface area contributed by atoms with Crippen molar-refractivity contribution in [2.45, 2.75) is 6.92 Å². The van der Waals surface area contributed by atoms with Crippen molar-refractivity contribution in [1.29, 1.82) is 0 Å². The zero-order valence-corrected chi connectivity index (χ0v) is 9.20. The summed E-state index contributed by atoms with van der Waals surface area (Å²) in [7, 11) is 2.09. The van der Waals surface area contributed by atoms with Crippen molar-refractivity contribution in [2.24, 2.45) is 7.05 Å². The Morgan fingerprint density at radius 1 is 1.27 bits per heavy atom. The molecular formula is C14H15N. The lowest BCUT2D eigenvalue weighted by atomic mass is 10.2. The quantitative estimate of drug-likeness (QED) is 0.658. The summed E-state index contributed by atoms with van der Waals surface area (Å²) in [6, 6.07) is 8.44. The van der Waals surface area contributed by atoms with Crippen LogP contribution >= 0.6 is 0 Å². The third kappa shape index (κ3) is 1.40. The van der Waals surface area contributed by atoms with Crippen LogP contribution in [0.1, 0.15) is 6.92 Å². The van der Waals surface area contributed by atoms with Crippen molar-refractivity contribution in [3.63, 3.8) is 0 Å². The predicted octanol–water partition coefficient (Wildman–Crippen LogP) is 1.95. The molecule has 0 aliphatic carbocycles. The molecule has 0 amide bonds. The Labute approximate surface area is 89.7 Å². The van der Waals surface area contributed by atoms with Crippen LogP contribution in [0.15, 0.2) is 36.9 Å². The third-order valence-corrected chi connectivity index (χ3v) is 2.76. The number of fused-ring (bicyclic) bond motifs is 1. The molecule has 0 N–H and O–H groups in total. The molecule has 0 atom stereocenters. The van der Waals surface area contributed by atoms with E-state index in [0.717, 1.165) is 0 Å². The van der Waals surface area contributed by atoms with Crippen molar-refractivity contribution in [3.05, 3.63) is 47.5 Å². The Hall–Kier alpha value is -1.76. The van der Waals surface area contributed by atoms with E-state index in [0.29, 0.717) is 0 Å². The summed E-state index contributed by atoms with van der Waals surface area (Å²) < 4.78 is 2.20. The molecule has 15 heavy (non-hydrogen) atoms. The minimum atomic E-state index is 1.22. The molecule has 2 aromatic rings. The van der Waals surface area contributed by atoms with Crippen LogP contribution in [0.3, 0.4) is 0 Å². The summed E-state index contributed by atoms with van der Waals surface area (Å²) in [5.41, 5.74) is 1.26. The van der Waals surface area contributed by atoms with E-state index >= 15 is 0 Å². The summed E-state index contributed by atoms with van der Waals surface area (Å²) in [6.07, 6.45) is 6.04. The Bertz CT molecular complexity index is 615. The summed E-state index contributed by atoms with van der Waals surface area (Å²) >= 11 is 0. The average Bonchev–Trinajstić information content (AvgIpc) is 2.54. The molecule has 76 valence electrons. The van der Waals surface area contributed by atoms with Gasteiger partial charge in [-0.2, -0.15) is 0 Å². The lowest BCUT2D eigenvalue weighted by Gasteiger charge is -1.94. The Morgan fingerprint density at radius 2 is 2.00 bits per heavy atom. The van der Waals surface area contributed by atoms with Crippen LogP contribution in [-0.4, -0.2) is 4.57 Å². The number of rotatable bonds is 1. The number of hydrogen-bond acceptors (Lipinski definition) is 0. The Morgan fingerprint density at radius 3 is 2.67 bits per heavy atom. The maximum Gasteiger partial charge on any atom is 0.0488 e. The topological polar surface area (TPSA) is 4.93 Å². The van der Waals surface area contributed by atoms with Crippen LogP contribution in [0.2, 0.25) is 0 Å². The van der Waals surface area contributed by atoms with Crippen molar-refractivity contribution < 1.29 is 0 Å². The average molecular weight is 197 g/mol. The van der Waals surface area contributed by atoms with E-state index in [1.807, 2.05) is 6.08 Å². The highest BCUT2D eigenvalue weighted by Crippen LogP contribution is 2.06. The molecule has 0 unspecified atom stereocenters. The van der Waals surface area contributed by atoms with Gasteiger partial charge in [0.05, 0.1) is 0 Å². The van der Waals surface area contributed by atoms with E-state index in [9.17, 15) is 0 Å². The van der Waals surface area contributed by atoms with Gasteiger partial charge in [0, 0.05) is 28.5 Å². The number of benzene rings is 1. The molecule has 1 aromatic carbocycles. The van der Waals surface area contributed by atoms with Gasteiger partial charge < -0.3 is 4.57 Å². The summed E-state index contributed by atoms with van der Waals surface area (Å²) in [5.74, 6) is 0. The van der Waals surface area contributed by atoms with Crippen LogP contribution in [-0.2, 0) is 7.05 Å². The van der Waals surface area contributed by atoms with Gasteiger partial charge in [0.15, 0.2) is 0 Å². The van der Waals surface area contributed by atoms with Gasteiger partial charge in [-0.05, 0) is 19.1 Å². The smallest absolute Gasteiger partial charge is 0.0488 e. The largest absolute Gasteiger partial charge is 0.344 e. The summed E-state index contributed by atoms with van der Waals surface area (Å²) in [5, 5.41) is 3.80. The van der Waals surface area contributed by atoms with Gasteiger partial charge >= 0.3 is 0 Å². The zero-order chi connectivity index (χ0) is 10.8. The minimum absolute atomic E-state index is 1.22. The van der Waals surface area contributed by atoms with E-state index in [-0.39, 0.29) is 0 Å². The molecule has 0 bridgehead atoms. The highest BCUT2D eigenvalue weighted by molar-refractivity contribution is 5.82. The first-order valence-electron chi connectivity index (χ1n) is 5.12. The van der Waals surface area contributed by atoms with Crippen LogP contribution < -0.4 is 10.6 Å². The van der Waals surface area contributed by atoms with Crippen molar-refractivity contribution in [2.75, 3.05) is 0 Å². The van der Waals surface area contributed by atoms with Gasteiger partial charge in [0.1, 0.15) is 0 Å². The molecule has 0 saturated carbocycles. The second-order valence-corrected chi connectivity index (χ2v) is 3.57. The third-order valence-electron chi connectivity index (χ3n) is 2.76. The van der Waals surface area contributed by atoms with E-state index < -0.39 is 0 Å². The number of nitrogens with zero attached hydrogens (tertiary/aromatic N) is 1. The second kappa shape index (κ2) is 3.77. The van der Waals surface area contributed by atoms with Gasteiger partial charge in [0.2, 0.25) is 0 Å². The first-order chi connectivity index (χ1) is 7.29. The zero-order valence-electron chi connectivity index (χ0n) is 9.20. The molecule has 0 spiro atoms. The molecular weight excluding hydrogens is 182 g/mol. The highest BCUT2D eigenvalue weighted by Gasteiger charge is 2.01. The van der Waals surface area contributed by atoms with E-state index in [1.165, 1.54) is 21.5 Å². The van der Waals surface area contributed by atoms with Crippen molar-refractivity contribution in [1.82, 2.24) is 4.57 Å². The van der Waals surface area contributed by atoms with E-state index in [2.05, 4.69) is 61.5 Å². The normalized spacial score (nSPS) is 13.7. The Kier molecular flexibility index (Phi) is 2.46. The first kappa shape index (κ1) is 9.78. The molecule has 1 aromatic heterocycles. The molecule has 2 rings (SSSR count). The van der Waals surface area contributed by atoms with Gasteiger partial charge in [-0.1, -0.05) is 36.9 Å². The van der Waals surface area contributed by atoms with Crippen molar-refractivity contribution >= 4 is 23.1 Å². The molecule has 1 heteroatoms. The summed E-state index contributed by atoms with van der Waals surface area (Å²) in [6.45, 7) is 5.83. The number of aromatic nitrogens is 1. The fourth-order valence-electron chi connectivity index (χ4n) is 2.06. The van der Waals surface area contributed by atoms with Gasteiger partial charge in [-0.25, -0.2) is 0 Å². The molecule has 0 radical (unpaired) electrons. The number of para-hydroxylation sites is 1. The van der Waals surface area contributed by atoms with Crippen LogP contribution in [0.4, 0.5) is 0 Å². The van der Waals surface area contributed by atoms with Crippen LogP contribution in [0, 0.1) is 0 Å². The lowest BCUT2D eigenvalue weighted by molar-refractivity contribution is 0.925. The standard InChI is InChI=1S/C14H15N/c1-4-8-13-11(5-2)12-9-6-7-10-14(12)15(13)3/h4-10H,1H2,2-3H3/b11-5-,13-8+. The predicted molar refractivity (Wildman–Crippen MR) is 67.0 cm³/mol. The molecule has 1 heterocycles. The van der Waals surface area contributed by atoms with Gasteiger partial charge in [-0.15, -0.1) is 0 Å². The highest BCUT2D eigenvalue weighted by atomic mass is 14.9. The van der Waals surface area contributed by atoms with Crippen LogP contribution in [0.25, 0.3) is 23.1 Å². The minimum Gasteiger partial charge on any atom is -0.344 e. The molecule has 0 fully saturated rings. The summed E-state index contributed by atoms with van der Waals surface area (Å²) in [4.78, 5) is 0. The fraction of sp³-hybridized carbons (Fsp3) is 0.143. The number of allylic oxidation sites excluding steroid dienone is 1. The Balaban J connectivity index is 3.12. The molecule has 0 aliphatic rings. The SMILES string of the molecule is C=C/C=c1\c(=C/C)c2ccccc2n1C.